The molecular formula is C16H21ClN2O2. The zero-order valence-electron chi connectivity index (χ0n) is 12.2. The highest BCUT2D eigenvalue weighted by Gasteiger charge is 2.40. The molecule has 3 unspecified atom stereocenters. The number of hydrogen-bond acceptors (Lipinski definition) is 3. The minimum atomic E-state index is -0.987. The van der Waals surface area contributed by atoms with E-state index in [0.717, 1.165) is 18.4 Å². The van der Waals surface area contributed by atoms with Crippen LogP contribution in [-0.4, -0.2) is 24.7 Å². The zero-order valence-corrected chi connectivity index (χ0v) is 12.9. The van der Waals surface area contributed by atoms with Crippen LogP contribution in [0.4, 0.5) is 11.4 Å². The van der Waals surface area contributed by atoms with Crippen LogP contribution in [0.3, 0.4) is 0 Å². The second-order valence-corrected chi connectivity index (χ2v) is 6.93. The smallest absolute Gasteiger partial charge is 0.337 e. The Kier molecular flexibility index (Phi) is 3.74. The number of carboxylic acid groups (broad SMARTS) is 1. The van der Waals surface area contributed by atoms with Crippen molar-refractivity contribution in [3.8, 4) is 0 Å². The highest BCUT2D eigenvalue weighted by molar-refractivity contribution is 6.34. The van der Waals surface area contributed by atoms with E-state index in [0.29, 0.717) is 22.3 Å². The van der Waals surface area contributed by atoms with Crippen LogP contribution >= 0.6 is 11.6 Å². The third kappa shape index (κ3) is 2.69. The fourth-order valence-corrected chi connectivity index (χ4v) is 4.59. The Balaban J connectivity index is 1.84. The van der Waals surface area contributed by atoms with Crippen LogP contribution in [0.2, 0.25) is 5.02 Å². The molecule has 3 atom stereocenters. The van der Waals surface area contributed by atoms with E-state index in [-0.39, 0.29) is 5.56 Å². The molecule has 2 fully saturated rings. The van der Waals surface area contributed by atoms with Gasteiger partial charge in [0.25, 0.3) is 0 Å². The van der Waals surface area contributed by atoms with Crippen molar-refractivity contribution in [2.75, 3.05) is 24.2 Å². The van der Waals surface area contributed by atoms with Crippen molar-refractivity contribution in [2.45, 2.75) is 25.7 Å². The predicted octanol–water partition coefficient (Wildman–Crippen LogP) is 3.49. The van der Waals surface area contributed by atoms with E-state index >= 15 is 0 Å². The molecule has 2 aliphatic rings. The molecule has 114 valence electrons. The molecule has 0 spiro atoms. The predicted molar refractivity (Wildman–Crippen MR) is 85.0 cm³/mol. The second kappa shape index (κ2) is 5.41. The molecule has 1 aromatic carbocycles. The monoisotopic (exact) mass is 308 g/mol. The van der Waals surface area contributed by atoms with Gasteiger partial charge in [-0.1, -0.05) is 18.0 Å². The third-order valence-corrected chi connectivity index (χ3v) is 5.38. The number of nitrogens with zero attached hydrogens (tertiary/aromatic N) is 1. The second-order valence-electron chi connectivity index (χ2n) is 6.52. The Labute approximate surface area is 129 Å². The Morgan fingerprint density at radius 1 is 1.43 bits per heavy atom. The molecule has 0 heterocycles. The van der Waals surface area contributed by atoms with Gasteiger partial charge in [-0.3, -0.25) is 0 Å². The quantitative estimate of drug-likeness (QED) is 0.836. The van der Waals surface area contributed by atoms with E-state index in [1.54, 1.807) is 6.07 Å². The largest absolute Gasteiger partial charge is 0.478 e. The summed E-state index contributed by atoms with van der Waals surface area (Å²) in [5.74, 6) is 1.36. The van der Waals surface area contributed by atoms with E-state index in [2.05, 4.69) is 0 Å². The summed E-state index contributed by atoms with van der Waals surface area (Å²) >= 11 is 6.25. The third-order valence-electron chi connectivity index (χ3n) is 5.09. The zero-order chi connectivity index (χ0) is 15.1. The number of carboxylic acids is 1. The average Bonchev–Trinajstić information content (AvgIpc) is 2.99. The van der Waals surface area contributed by atoms with Gasteiger partial charge in [-0.2, -0.15) is 0 Å². The first kappa shape index (κ1) is 14.5. The van der Waals surface area contributed by atoms with Crippen molar-refractivity contribution in [2.24, 2.45) is 17.8 Å². The van der Waals surface area contributed by atoms with E-state index in [1.807, 2.05) is 11.9 Å². The number of aromatic carboxylic acids is 1. The number of fused-ring (bicyclic) bond motifs is 2. The molecule has 0 aliphatic heterocycles. The first-order valence-electron chi connectivity index (χ1n) is 7.49. The normalized spacial score (nSPS) is 27.0. The molecular weight excluding hydrogens is 288 g/mol. The molecule has 2 bridgehead atoms. The summed E-state index contributed by atoms with van der Waals surface area (Å²) in [6.07, 6.45) is 5.31. The number of anilines is 2. The maximum absolute atomic E-state index is 11.5. The van der Waals surface area contributed by atoms with Crippen molar-refractivity contribution in [3.63, 3.8) is 0 Å². The van der Waals surface area contributed by atoms with Gasteiger partial charge in [-0.05, 0) is 49.1 Å². The number of rotatable bonds is 4. The molecule has 1 aromatic rings. The van der Waals surface area contributed by atoms with Gasteiger partial charge >= 0.3 is 5.97 Å². The first-order chi connectivity index (χ1) is 9.95. The van der Waals surface area contributed by atoms with Crippen molar-refractivity contribution >= 4 is 28.9 Å². The lowest BCUT2D eigenvalue weighted by molar-refractivity contribution is 0.0697. The lowest BCUT2D eigenvalue weighted by atomic mass is 9.88. The van der Waals surface area contributed by atoms with Gasteiger partial charge in [0, 0.05) is 19.3 Å². The maximum Gasteiger partial charge on any atom is 0.337 e. The van der Waals surface area contributed by atoms with E-state index in [9.17, 15) is 9.90 Å². The van der Waals surface area contributed by atoms with Gasteiger partial charge in [0.05, 0.1) is 16.3 Å². The topological polar surface area (TPSA) is 66.6 Å². The number of hydrogen-bond donors (Lipinski definition) is 2. The maximum atomic E-state index is 11.5. The molecule has 0 aromatic heterocycles. The highest BCUT2D eigenvalue weighted by atomic mass is 35.5. The average molecular weight is 309 g/mol. The summed E-state index contributed by atoms with van der Waals surface area (Å²) in [5, 5.41) is 9.80. The summed E-state index contributed by atoms with van der Waals surface area (Å²) in [6, 6.07) is 3.11. The molecule has 2 aliphatic carbocycles. The number of nitrogens with two attached hydrogens (primary N) is 1. The minimum Gasteiger partial charge on any atom is -0.478 e. The fraction of sp³-hybridized carbons (Fsp3) is 0.562. The lowest BCUT2D eigenvalue weighted by Crippen LogP contribution is -2.30. The number of carbonyl (C=O) groups is 1. The fourth-order valence-electron chi connectivity index (χ4n) is 4.21. The van der Waals surface area contributed by atoms with Crippen LogP contribution in [0.1, 0.15) is 36.0 Å². The summed E-state index contributed by atoms with van der Waals surface area (Å²) in [4.78, 5) is 13.5. The molecule has 3 rings (SSSR count). The highest BCUT2D eigenvalue weighted by Crippen LogP contribution is 2.49. The minimum absolute atomic E-state index is 0.186. The summed E-state index contributed by atoms with van der Waals surface area (Å²) in [7, 11) is 1.93. The van der Waals surface area contributed by atoms with Crippen LogP contribution in [0.5, 0.6) is 0 Å². The standard InChI is InChI=1S/C16H21ClN2O2/c1-19(8-11-5-9-2-3-10(11)4-9)15-13(16(20)21)6-12(18)7-14(15)17/h6-7,9-11H,2-5,8,18H2,1H3,(H,20,21). The van der Waals surface area contributed by atoms with Crippen LogP contribution in [0.15, 0.2) is 12.1 Å². The van der Waals surface area contributed by atoms with Crippen molar-refractivity contribution in [1.82, 2.24) is 0 Å². The Hall–Kier alpha value is -1.42. The van der Waals surface area contributed by atoms with Gasteiger partial charge in [-0.25, -0.2) is 4.79 Å². The molecule has 21 heavy (non-hydrogen) atoms. The number of benzene rings is 1. The van der Waals surface area contributed by atoms with Crippen molar-refractivity contribution < 1.29 is 9.90 Å². The SMILES string of the molecule is CN(CC1CC2CCC1C2)c1c(Cl)cc(N)cc1C(=O)O. The van der Waals surface area contributed by atoms with Gasteiger partial charge in [0.15, 0.2) is 0 Å². The molecule has 3 N–H and O–H groups in total. The molecule has 2 saturated carbocycles. The van der Waals surface area contributed by atoms with E-state index in [4.69, 9.17) is 17.3 Å². The molecule has 0 amide bonds. The van der Waals surface area contributed by atoms with Crippen molar-refractivity contribution in [1.29, 1.82) is 0 Å². The first-order valence-corrected chi connectivity index (χ1v) is 7.87. The Morgan fingerprint density at radius 3 is 2.76 bits per heavy atom. The molecule has 0 saturated heterocycles. The van der Waals surface area contributed by atoms with Gasteiger partial charge < -0.3 is 15.7 Å². The van der Waals surface area contributed by atoms with Gasteiger partial charge in [-0.15, -0.1) is 0 Å². The Morgan fingerprint density at radius 2 is 2.19 bits per heavy atom. The van der Waals surface area contributed by atoms with Crippen LogP contribution < -0.4 is 10.6 Å². The van der Waals surface area contributed by atoms with Crippen LogP contribution in [-0.2, 0) is 0 Å². The molecule has 5 heteroatoms. The van der Waals surface area contributed by atoms with E-state index < -0.39 is 5.97 Å². The lowest BCUT2D eigenvalue weighted by Gasteiger charge is -2.30. The molecule has 4 nitrogen and oxygen atoms in total. The Bertz CT molecular complexity index is 576. The van der Waals surface area contributed by atoms with Gasteiger partial charge in [0.2, 0.25) is 0 Å². The van der Waals surface area contributed by atoms with Crippen LogP contribution in [0.25, 0.3) is 0 Å². The number of nitrogen functional groups attached to an aromatic ring is 1. The summed E-state index contributed by atoms with van der Waals surface area (Å²) in [5.41, 5.74) is 6.87. The molecule has 0 radical (unpaired) electrons. The van der Waals surface area contributed by atoms with Crippen LogP contribution in [0, 0.1) is 17.8 Å². The number of halogens is 1. The van der Waals surface area contributed by atoms with Gasteiger partial charge in [0.1, 0.15) is 0 Å². The van der Waals surface area contributed by atoms with E-state index in [1.165, 1.54) is 31.7 Å². The van der Waals surface area contributed by atoms with Crippen molar-refractivity contribution in [3.05, 3.63) is 22.7 Å². The summed E-state index contributed by atoms with van der Waals surface area (Å²) < 4.78 is 0. The summed E-state index contributed by atoms with van der Waals surface area (Å²) in [6.45, 7) is 0.866.